The first-order valence-corrected chi connectivity index (χ1v) is 4.80. The number of hydrogen-bond donors (Lipinski definition) is 0. The van der Waals surface area contributed by atoms with Gasteiger partial charge in [0.2, 0.25) is 0 Å². The molecule has 0 aliphatic heterocycles. The lowest BCUT2D eigenvalue weighted by atomic mass is 9.80. The second-order valence-electron chi connectivity index (χ2n) is 3.73. The zero-order valence-corrected chi connectivity index (χ0v) is 7.95. The largest absolute Gasteiger partial charge is 0.192 e. The lowest BCUT2D eigenvalue weighted by molar-refractivity contribution is 0.306. The highest BCUT2D eigenvalue weighted by molar-refractivity contribution is 5.35. The van der Waals surface area contributed by atoms with Crippen molar-refractivity contribution in [2.75, 3.05) is 0 Å². The highest BCUT2D eigenvalue weighted by Crippen LogP contribution is 2.30. The maximum Gasteiger partial charge on any atom is 0.125 e. The molecular weight excluding hydrogens is 160 g/mol. The minimum Gasteiger partial charge on any atom is -0.192 e. The zero-order valence-electron chi connectivity index (χ0n) is 7.95. The van der Waals surface area contributed by atoms with Crippen LogP contribution in [0.15, 0.2) is 11.6 Å². The van der Waals surface area contributed by atoms with Crippen LogP contribution in [0.1, 0.15) is 32.6 Å². The van der Waals surface area contributed by atoms with Crippen molar-refractivity contribution in [3.8, 4) is 12.1 Å². The molecule has 1 saturated carbocycles. The molecule has 0 spiro atoms. The summed E-state index contributed by atoms with van der Waals surface area (Å²) in [6, 6.07) is 3.84. The van der Waals surface area contributed by atoms with Crippen molar-refractivity contribution in [3.63, 3.8) is 0 Å². The standard InChI is InChI=1S/C11H14N2/c1-9-4-2-3-5-11(9)6-10(7-12)8-13/h6,9,11H,2-5H2,1H3/t9-,11-/m1/s1. The summed E-state index contributed by atoms with van der Waals surface area (Å²) in [5, 5.41) is 17.2. The normalized spacial score (nSPS) is 27.0. The monoisotopic (exact) mass is 174 g/mol. The van der Waals surface area contributed by atoms with E-state index < -0.39 is 0 Å². The highest BCUT2D eigenvalue weighted by atomic mass is 14.3. The molecule has 1 aliphatic carbocycles. The molecule has 0 radical (unpaired) electrons. The Labute approximate surface area is 79.5 Å². The molecule has 0 aromatic heterocycles. The van der Waals surface area contributed by atoms with Gasteiger partial charge in [0.15, 0.2) is 0 Å². The molecule has 13 heavy (non-hydrogen) atoms. The SMILES string of the molecule is C[C@@H]1CCCC[C@@H]1C=C(C#N)C#N. The highest BCUT2D eigenvalue weighted by Gasteiger charge is 2.19. The molecule has 1 rings (SSSR count). The summed E-state index contributed by atoms with van der Waals surface area (Å²) in [6.45, 7) is 2.20. The summed E-state index contributed by atoms with van der Waals surface area (Å²) in [6.07, 6.45) is 6.73. The first kappa shape index (κ1) is 9.81. The Balaban J connectivity index is 2.67. The molecule has 1 fully saturated rings. The van der Waals surface area contributed by atoms with E-state index in [4.69, 9.17) is 10.5 Å². The molecule has 1 aliphatic rings. The maximum absolute atomic E-state index is 8.60. The van der Waals surface area contributed by atoms with Crippen molar-refractivity contribution in [2.45, 2.75) is 32.6 Å². The van der Waals surface area contributed by atoms with Gasteiger partial charge in [0.05, 0.1) is 0 Å². The van der Waals surface area contributed by atoms with Crippen LogP contribution in [0.4, 0.5) is 0 Å². The third-order valence-electron chi connectivity index (χ3n) is 2.80. The first-order valence-electron chi connectivity index (χ1n) is 4.80. The van der Waals surface area contributed by atoms with Crippen LogP contribution in [0.5, 0.6) is 0 Å². The van der Waals surface area contributed by atoms with Crippen LogP contribution in [-0.4, -0.2) is 0 Å². The van der Waals surface area contributed by atoms with Crippen molar-refractivity contribution in [2.24, 2.45) is 11.8 Å². The molecule has 2 nitrogen and oxygen atoms in total. The number of allylic oxidation sites excluding steroid dienone is 2. The van der Waals surface area contributed by atoms with E-state index in [0.717, 1.165) is 6.42 Å². The summed E-state index contributed by atoms with van der Waals surface area (Å²) in [5.41, 5.74) is 0.277. The molecule has 0 saturated heterocycles. The average Bonchev–Trinajstić information content (AvgIpc) is 2.17. The van der Waals surface area contributed by atoms with Gasteiger partial charge in [-0.05, 0) is 18.3 Å². The van der Waals surface area contributed by atoms with Gasteiger partial charge < -0.3 is 0 Å². The topological polar surface area (TPSA) is 47.6 Å². The van der Waals surface area contributed by atoms with E-state index in [1.807, 2.05) is 18.2 Å². The summed E-state index contributed by atoms with van der Waals surface area (Å²) >= 11 is 0. The lowest BCUT2D eigenvalue weighted by Gasteiger charge is -2.25. The Hall–Kier alpha value is -1.28. The van der Waals surface area contributed by atoms with Gasteiger partial charge in [-0.25, -0.2) is 0 Å². The predicted octanol–water partition coefficient (Wildman–Crippen LogP) is 2.79. The van der Waals surface area contributed by atoms with Crippen LogP contribution < -0.4 is 0 Å². The number of hydrogen-bond acceptors (Lipinski definition) is 2. The van der Waals surface area contributed by atoms with E-state index in [1.165, 1.54) is 19.3 Å². The molecule has 0 unspecified atom stereocenters. The molecule has 0 heterocycles. The van der Waals surface area contributed by atoms with E-state index >= 15 is 0 Å². The molecule has 2 heteroatoms. The van der Waals surface area contributed by atoms with Gasteiger partial charge >= 0.3 is 0 Å². The Kier molecular flexibility index (Phi) is 3.53. The third kappa shape index (κ3) is 2.60. The summed E-state index contributed by atoms with van der Waals surface area (Å²) in [5.74, 6) is 1.08. The van der Waals surface area contributed by atoms with Crippen molar-refractivity contribution >= 4 is 0 Å². The van der Waals surface area contributed by atoms with Gasteiger partial charge in [-0.15, -0.1) is 0 Å². The van der Waals surface area contributed by atoms with E-state index in [-0.39, 0.29) is 5.57 Å². The van der Waals surface area contributed by atoms with E-state index in [9.17, 15) is 0 Å². The first-order chi connectivity index (χ1) is 6.27. The smallest absolute Gasteiger partial charge is 0.125 e. The summed E-state index contributed by atoms with van der Waals surface area (Å²) < 4.78 is 0. The van der Waals surface area contributed by atoms with Crippen molar-refractivity contribution < 1.29 is 0 Å². The van der Waals surface area contributed by atoms with E-state index in [2.05, 4.69) is 6.92 Å². The lowest BCUT2D eigenvalue weighted by Crippen LogP contribution is -2.14. The van der Waals surface area contributed by atoms with Gasteiger partial charge in [-0.1, -0.05) is 32.3 Å². The predicted molar refractivity (Wildman–Crippen MR) is 50.4 cm³/mol. The van der Waals surface area contributed by atoms with Crippen molar-refractivity contribution in [1.82, 2.24) is 0 Å². The minimum atomic E-state index is 0.277. The van der Waals surface area contributed by atoms with Crippen molar-refractivity contribution in [1.29, 1.82) is 10.5 Å². The molecule has 0 aromatic rings. The fourth-order valence-electron chi connectivity index (χ4n) is 1.91. The Morgan fingerprint density at radius 1 is 1.23 bits per heavy atom. The fraction of sp³-hybridized carbons (Fsp3) is 0.636. The Morgan fingerprint density at radius 2 is 1.85 bits per heavy atom. The van der Waals surface area contributed by atoms with Crippen molar-refractivity contribution in [3.05, 3.63) is 11.6 Å². The van der Waals surface area contributed by atoms with E-state index in [1.54, 1.807) is 0 Å². The van der Waals surface area contributed by atoms with Crippen LogP contribution in [-0.2, 0) is 0 Å². The molecule has 0 N–H and O–H groups in total. The van der Waals surface area contributed by atoms with Crippen LogP contribution >= 0.6 is 0 Å². The van der Waals surface area contributed by atoms with Crippen LogP contribution in [0.25, 0.3) is 0 Å². The fourth-order valence-corrected chi connectivity index (χ4v) is 1.91. The second kappa shape index (κ2) is 4.67. The molecule has 2 atom stereocenters. The summed E-state index contributed by atoms with van der Waals surface area (Å²) in [4.78, 5) is 0. The molecule has 0 bridgehead atoms. The molecule has 0 amide bonds. The molecular formula is C11H14N2. The number of nitrogens with zero attached hydrogens (tertiary/aromatic N) is 2. The van der Waals surface area contributed by atoms with E-state index in [0.29, 0.717) is 11.8 Å². The maximum atomic E-state index is 8.60. The van der Waals surface area contributed by atoms with Gasteiger partial charge in [-0.2, -0.15) is 10.5 Å². The second-order valence-corrected chi connectivity index (χ2v) is 3.73. The van der Waals surface area contributed by atoms with Gasteiger partial charge in [0.25, 0.3) is 0 Å². The van der Waals surface area contributed by atoms with Gasteiger partial charge in [0.1, 0.15) is 17.7 Å². The van der Waals surface area contributed by atoms with Crippen LogP contribution in [0.2, 0.25) is 0 Å². The Morgan fingerprint density at radius 3 is 2.38 bits per heavy atom. The van der Waals surface area contributed by atoms with Gasteiger partial charge in [0, 0.05) is 0 Å². The zero-order chi connectivity index (χ0) is 9.68. The quantitative estimate of drug-likeness (QED) is 0.574. The molecule has 0 aromatic carbocycles. The number of nitriles is 2. The third-order valence-corrected chi connectivity index (χ3v) is 2.80. The average molecular weight is 174 g/mol. The van der Waals surface area contributed by atoms with Crippen LogP contribution in [0.3, 0.4) is 0 Å². The van der Waals surface area contributed by atoms with Crippen LogP contribution in [0, 0.1) is 34.5 Å². The number of rotatable bonds is 1. The Bertz CT molecular complexity index is 261. The van der Waals surface area contributed by atoms with Gasteiger partial charge in [-0.3, -0.25) is 0 Å². The molecule has 68 valence electrons. The minimum absolute atomic E-state index is 0.277. The summed E-state index contributed by atoms with van der Waals surface area (Å²) in [7, 11) is 0.